The molecule has 0 aliphatic carbocycles. The van der Waals surface area contributed by atoms with Gasteiger partial charge in [-0.1, -0.05) is 18.5 Å². The number of benzene rings is 1. The van der Waals surface area contributed by atoms with Gasteiger partial charge in [-0.2, -0.15) is 4.31 Å². The highest BCUT2D eigenvalue weighted by Gasteiger charge is 2.27. The molecule has 2 N–H and O–H groups in total. The van der Waals surface area contributed by atoms with Crippen molar-refractivity contribution in [1.82, 2.24) is 4.31 Å². The Balaban J connectivity index is 3.41. The summed E-state index contributed by atoms with van der Waals surface area (Å²) in [4.78, 5) is 0.222. The molecule has 102 valence electrons. The van der Waals surface area contributed by atoms with E-state index in [9.17, 15) is 8.42 Å². The van der Waals surface area contributed by atoms with Crippen molar-refractivity contribution in [2.45, 2.75) is 38.6 Å². The van der Waals surface area contributed by atoms with Gasteiger partial charge in [0.25, 0.3) is 0 Å². The van der Waals surface area contributed by atoms with Gasteiger partial charge in [0.1, 0.15) is 0 Å². The summed E-state index contributed by atoms with van der Waals surface area (Å²) >= 11 is 5.88. The average Bonchev–Trinajstić information content (AvgIpc) is 2.23. The zero-order valence-electron chi connectivity index (χ0n) is 11.1. The number of sulfonamides is 1. The monoisotopic (exact) mass is 290 g/mol. The molecule has 0 saturated carbocycles. The van der Waals surface area contributed by atoms with Crippen LogP contribution in [0.5, 0.6) is 0 Å². The van der Waals surface area contributed by atoms with E-state index in [1.54, 1.807) is 13.0 Å². The summed E-state index contributed by atoms with van der Waals surface area (Å²) in [6.07, 6.45) is 0. The highest BCUT2D eigenvalue weighted by atomic mass is 35.5. The number of nitrogens with zero attached hydrogens (tertiary/aromatic N) is 1. The van der Waals surface area contributed by atoms with Gasteiger partial charge in [0.15, 0.2) is 0 Å². The van der Waals surface area contributed by atoms with Crippen LogP contribution < -0.4 is 5.73 Å². The van der Waals surface area contributed by atoms with Gasteiger partial charge in [0.2, 0.25) is 10.0 Å². The molecular formula is C12H19ClN2O2S. The van der Waals surface area contributed by atoms with Crippen LogP contribution in [0.25, 0.3) is 0 Å². The number of aryl methyl sites for hydroxylation is 1. The molecule has 0 aliphatic heterocycles. The molecule has 0 spiro atoms. The van der Waals surface area contributed by atoms with Gasteiger partial charge >= 0.3 is 0 Å². The smallest absolute Gasteiger partial charge is 0.243 e. The Morgan fingerprint density at radius 3 is 2.39 bits per heavy atom. The number of rotatable bonds is 4. The van der Waals surface area contributed by atoms with E-state index in [0.717, 1.165) is 0 Å². The summed E-state index contributed by atoms with van der Waals surface area (Å²) < 4.78 is 26.5. The molecule has 18 heavy (non-hydrogen) atoms. The van der Waals surface area contributed by atoms with Crippen LogP contribution in [0.1, 0.15) is 26.3 Å². The van der Waals surface area contributed by atoms with Gasteiger partial charge in [-0.25, -0.2) is 8.42 Å². The average molecular weight is 291 g/mol. The maximum absolute atomic E-state index is 12.5. The van der Waals surface area contributed by atoms with E-state index >= 15 is 0 Å². The second-order valence-corrected chi connectivity index (χ2v) is 6.71. The van der Waals surface area contributed by atoms with Gasteiger partial charge in [-0.15, -0.1) is 0 Å². The molecule has 0 unspecified atom stereocenters. The third kappa shape index (κ3) is 2.79. The first-order valence-electron chi connectivity index (χ1n) is 5.79. The number of anilines is 1. The minimum Gasteiger partial charge on any atom is -0.397 e. The molecular weight excluding hydrogens is 272 g/mol. The fourth-order valence-electron chi connectivity index (χ4n) is 1.89. The fraction of sp³-hybridized carbons (Fsp3) is 0.500. The summed E-state index contributed by atoms with van der Waals surface area (Å²) in [6.45, 7) is 7.63. The molecule has 6 heteroatoms. The lowest BCUT2D eigenvalue weighted by Gasteiger charge is -2.25. The van der Waals surface area contributed by atoms with Gasteiger partial charge in [-0.05, 0) is 38.5 Å². The molecule has 0 amide bonds. The molecule has 0 saturated heterocycles. The van der Waals surface area contributed by atoms with Crippen LogP contribution in [-0.4, -0.2) is 25.3 Å². The van der Waals surface area contributed by atoms with Gasteiger partial charge in [-0.3, -0.25) is 0 Å². The lowest BCUT2D eigenvalue weighted by Crippen LogP contribution is -2.37. The van der Waals surface area contributed by atoms with Crippen LogP contribution in [0.15, 0.2) is 17.0 Å². The third-order valence-corrected chi connectivity index (χ3v) is 5.39. The summed E-state index contributed by atoms with van der Waals surface area (Å²) in [5, 5.41) is 0.374. The molecule has 0 fully saturated rings. The highest BCUT2D eigenvalue weighted by Crippen LogP contribution is 2.28. The molecule has 0 aliphatic rings. The molecule has 0 bridgehead atoms. The van der Waals surface area contributed by atoms with Crippen molar-refractivity contribution < 1.29 is 8.42 Å². The van der Waals surface area contributed by atoms with E-state index < -0.39 is 10.0 Å². The molecule has 0 aromatic heterocycles. The van der Waals surface area contributed by atoms with E-state index in [1.807, 2.05) is 20.8 Å². The molecule has 1 aromatic carbocycles. The number of hydrogen-bond acceptors (Lipinski definition) is 3. The number of nitrogens with two attached hydrogens (primary N) is 1. The zero-order valence-corrected chi connectivity index (χ0v) is 12.6. The molecule has 0 radical (unpaired) electrons. The topological polar surface area (TPSA) is 63.4 Å². The number of hydrogen-bond donors (Lipinski definition) is 1. The van der Waals surface area contributed by atoms with Gasteiger partial charge in [0.05, 0.1) is 15.6 Å². The van der Waals surface area contributed by atoms with Crippen LogP contribution in [0.2, 0.25) is 5.02 Å². The largest absolute Gasteiger partial charge is 0.397 e. The van der Waals surface area contributed by atoms with Gasteiger partial charge < -0.3 is 5.73 Å². The van der Waals surface area contributed by atoms with E-state index in [-0.39, 0.29) is 16.6 Å². The standard InChI is InChI=1S/C12H19ClN2O2S/c1-5-15(8(2)3)18(16,17)12-7-11(14)10(13)6-9(12)4/h6-8H,5,14H2,1-4H3. The van der Waals surface area contributed by atoms with Crippen molar-refractivity contribution in [2.75, 3.05) is 12.3 Å². The first-order chi connectivity index (χ1) is 8.21. The van der Waals surface area contributed by atoms with Crippen LogP contribution in [0.4, 0.5) is 5.69 Å². The summed E-state index contributed by atoms with van der Waals surface area (Å²) in [7, 11) is -3.53. The van der Waals surface area contributed by atoms with Crippen molar-refractivity contribution in [1.29, 1.82) is 0 Å². The third-order valence-electron chi connectivity index (χ3n) is 2.77. The quantitative estimate of drug-likeness (QED) is 0.867. The lowest BCUT2D eigenvalue weighted by molar-refractivity contribution is 0.369. The normalized spacial score (nSPS) is 12.4. The fourth-order valence-corrected chi connectivity index (χ4v) is 3.99. The molecule has 1 rings (SSSR count). The predicted octanol–water partition coefficient (Wildman–Crippen LogP) is 2.65. The number of nitrogen functional groups attached to an aromatic ring is 1. The Bertz CT molecular complexity index is 541. The minimum absolute atomic E-state index is 0.101. The van der Waals surface area contributed by atoms with E-state index in [2.05, 4.69) is 0 Å². The maximum atomic E-state index is 12.5. The molecule has 1 aromatic rings. The van der Waals surface area contributed by atoms with Crippen LogP contribution >= 0.6 is 11.6 Å². The summed E-state index contributed by atoms with van der Waals surface area (Å²) in [5.41, 5.74) is 6.57. The molecule has 0 heterocycles. The Morgan fingerprint density at radius 2 is 1.94 bits per heavy atom. The predicted molar refractivity (Wildman–Crippen MR) is 75.3 cm³/mol. The highest BCUT2D eigenvalue weighted by molar-refractivity contribution is 7.89. The van der Waals surface area contributed by atoms with E-state index in [0.29, 0.717) is 17.1 Å². The Labute approximate surface area is 114 Å². The van der Waals surface area contributed by atoms with Crippen molar-refractivity contribution in [3.63, 3.8) is 0 Å². The molecule has 0 atom stereocenters. The Kier molecular flexibility index (Phi) is 4.64. The first kappa shape index (κ1) is 15.3. The maximum Gasteiger partial charge on any atom is 0.243 e. The van der Waals surface area contributed by atoms with Crippen molar-refractivity contribution in [2.24, 2.45) is 0 Å². The van der Waals surface area contributed by atoms with Gasteiger partial charge in [0, 0.05) is 12.6 Å². The zero-order chi connectivity index (χ0) is 14.1. The SMILES string of the molecule is CCN(C(C)C)S(=O)(=O)c1cc(N)c(Cl)cc1C. The van der Waals surface area contributed by atoms with Crippen molar-refractivity contribution >= 4 is 27.3 Å². The lowest BCUT2D eigenvalue weighted by atomic mass is 10.2. The van der Waals surface area contributed by atoms with Crippen LogP contribution in [0.3, 0.4) is 0 Å². The van der Waals surface area contributed by atoms with E-state index in [4.69, 9.17) is 17.3 Å². The van der Waals surface area contributed by atoms with Crippen LogP contribution in [0, 0.1) is 6.92 Å². The first-order valence-corrected chi connectivity index (χ1v) is 7.61. The Hall–Kier alpha value is -0.780. The Morgan fingerprint density at radius 1 is 1.39 bits per heavy atom. The minimum atomic E-state index is -3.53. The summed E-state index contributed by atoms with van der Waals surface area (Å²) in [5.74, 6) is 0. The van der Waals surface area contributed by atoms with E-state index in [1.165, 1.54) is 10.4 Å². The number of halogens is 1. The van der Waals surface area contributed by atoms with Crippen molar-refractivity contribution in [3.05, 3.63) is 22.7 Å². The summed E-state index contributed by atoms with van der Waals surface area (Å²) in [6, 6.07) is 2.91. The molecule has 4 nitrogen and oxygen atoms in total. The van der Waals surface area contributed by atoms with Crippen molar-refractivity contribution in [3.8, 4) is 0 Å². The second-order valence-electron chi connectivity index (χ2n) is 4.44. The second kappa shape index (κ2) is 5.47. The van der Waals surface area contributed by atoms with Crippen LogP contribution in [-0.2, 0) is 10.0 Å².